The lowest BCUT2D eigenvalue weighted by Gasteiger charge is -2.21. The van der Waals surface area contributed by atoms with Gasteiger partial charge >= 0.3 is 0 Å². The van der Waals surface area contributed by atoms with Crippen LogP contribution in [0.15, 0.2) is 24.3 Å². The van der Waals surface area contributed by atoms with Crippen molar-refractivity contribution >= 4 is 0 Å². The summed E-state index contributed by atoms with van der Waals surface area (Å²) in [7, 11) is 0. The summed E-state index contributed by atoms with van der Waals surface area (Å²) < 4.78 is 0. The average Bonchev–Trinajstić information content (AvgIpc) is 2.17. The third kappa shape index (κ3) is 3.04. The molecule has 0 saturated heterocycles. The van der Waals surface area contributed by atoms with Crippen LogP contribution in [0.3, 0.4) is 0 Å². The number of phenols is 1. The summed E-state index contributed by atoms with van der Waals surface area (Å²) >= 11 is 0. The molecule has 1 aromatic rings. The van der Waals surface area contributed by atoms with Gasteiger partial charge in [0.25, 0.3) is 0 Å². The van der Waals surface area contributed by atoms with Crippen LogP contribution in [0.1, 0.15) is 32.3 Å². The molecule has 0 heterocycles. The van der Waals surface area contributed by atoms with Crippen LogP contribution in [0.4, 0.5) is 0 Å². The molecular weight excluding hydrogens is 176 g/mol. The maximum absolute atomic E-state index is 9.79. The molecule has 0 aliphatic rings. The largest absolute Gasteiger partial charge is 0.508 e. The minimum absolute atomic E-state index is 0.319. The van der Waals surface area contributed by atoms with E-state index in [4.69, 9.17) is 0 Å². The van der Waals surface area contributed by atoms with Crippen LogP contribution >= 0.6 is 0 Å². The molecule has 0 bridgehead atoms. The van der Waals surface area contributed by atoms with Crippen molar-refractivity contribution in [3.05, 3.63) is 29.8 Å². The minimum atomic E-state index is -0.623. The lowest BCUT2D eigenvalue weighted by molar-refractivity contribution is 0.0472. The fourth-order valence-corrected chi connectivity index (χ4v) is 1.30. The standard InChI is InChI=1S/C12H18O2/c1-3-12(2,14)9-8-10-6-4-5-7-11(10)13/h4-7,13-14H,3,8-9H2,1-2H3. The Morgan fingerprint density at radius 2 is 1.93 bits per heavy atom. The first kappa shape index (κ1) is 11.1. The van der Waals surface area contributed by atoms with Crippen molar-refractivity contribution < 1.29 is 10.2 Å². The highest BCUT2D eigenvalue weighted by molar-refractivity contribution is 5.31. The van der Waals surface area contributed by atoms with Gasteiger partial charge in [-0.1, -0.05) is 25.1 Å². The molecular formula is C12H18O2. The number of rotatable bonds is 4. The van der Waals surface area contributed by atoms with Gasteiger partial charge in [0.05, 0.1) is 5.60 Å². The SMILES string of the molecule is CCC(C)(O)CCc1ccccc1O. The van der Waals surface area contributed by atoms with Crippen molar-refractivity contribution in [2.24, 2.45) is 0 Å². The van der Waals surface area contributed by atoms with Gasteiger partial charge in [-0.15, -0.1) is 0 Å². The minimum Gasteiger partial charge on any atom is -0.508 e. The van der Waals surface area contributed by atoms with Crippen LogP contribution in [-0.2, 0) is 6.42 Å². The fraction of sp³-hybridized carbons (Fsp3) is 0.500. The quantitative estimate of drug-likeness (QED) is 0.773. The first-order chi connectivity index (χ1) is 6.55. The highest BCUT2D eigenvalue weighted by Crippen LogP contribution is 2.22. The summed E-state index contributed by atoms with van der Waals surface area (Å²) in [6.45, 7) is 3.79. The summed E-state index contributed by atoms with van der Waals surface area (Å²) in [4.78, 5) is 0. The van der Waals surface area contributed by atoms with Gasteiger partial charge in [-0.3, -0.25) is 0 Å². The zero-order valence-electron chi connectivity index (χ0n) is 8.83. The van der Waals surface area contributed by atoms with E-state index in [0.29, 0.717) is 18.6 Å². The van der Waals surface area contributed by atoms with E-state index in [1.807, 2.05) is 26.0 Å². The maximum Gasteiger partial charge on any atom is 0.118 e. The van der Waals surface area contributed by atoms with Crippen LogP contribution in [0.2, 0.25) is 0 Å². The Labute approximate surface area is 85.2 Å². The van der Waals surface area contributed by atoms with E-state index in [1.54, 1.807) is 12.1 Å². The van der Waals surface area contributed by atoms with Gasteiger partial charge in [-0.2, -0.15) is 0 Å². The van der Waals surface area contributed by atoms with Crippen LogP contribution in [-0.4, -0.2) is 15.8 Å². The van der Waals surface area contributed by atoms with Gasteiger partial charge in [0.2, 0.25) is 0 Å². The Morgan fingerprint density at radius 1 is 1.29 bits per heavy atom. The Morgan fingerprint density at radius 3 is 2.50 bits per heavy atom. The molecule has 0 fully saturated rings. The van der Waals surface area contributed by atoms with Crippen molar-refractivity contribution in [1.82, 2.24) is 0 Å². The molecule has 0 spiro atoms. The highest BCUT2D eigenvalue weighted by Gasteiger charge is 2.17. The Bertz CT molecular complexity index is 292. The molecule has 2 heteroatoms. The molecule has 0 amide bonds. The van der Waals surface area contributed by atoms with E-state index in [0.717, 1.165) is 12.0 Å². The van der Waals surface area contributed by atoms with Crippen molar-refractivity contribution in [1.29, 1.82) is 0 Å². The Hall–Kier alpha value is -1.02. The van der Waals surface area contributed by atoms with Crippen molar-refractivity contribution in [3.63, 3.8) is 0 Å². The van der Waals surface area contributed by atoms with Gasteiger partial charge in [0, 0.05) is 0 Å². The second-order valence-electron chi connectivity index (χ2n) is 3.98. The zero-order chi connectivity index (χ0) is 10.6. The number of aliphatic hydroxyl groups is 1. The molecule has 0 aliphatic heterocycles. The van der Waals surface area contributed by atoms with E-state index < -0.39 is 5.60 Å². The first-order valence-electron chi connectivity index (χ1n) is 5.04. The van der Waals surface area contributed by atoms with Crippen molar-refractivity contribution in [3.8, 4) is 5.75 Å². The molecule has 1 aromatic carbocycles. The predicted octanol–water partition coefficient (Wildman–Crippen LogP) is 2.49. The maximum atomic E-state index is 9.79. The molecule has 14 heavy (non-hydrogen) atoms. The summed E-state index contributed by atoms with van der Waals surface area (Å²) in [5.74, 6) is 0.319. The average molecular weight is 194 g/mol. The van der Waals surface area contributed by atoms with E-state index in [9.17, 15) is 10.2 Å². The Balaban J connectivity index is 2.58. The van der Waals surface area contributed by atoms with Crippen LogP contribution in [0.25, 0.3) is 0 Å². The lowest BCUT2D eigenvalue weighted by Crippen LogP contribution is -2.23. The van der Waals surface area contributed by atoms with Crippen molar-refractivity contribution in [2.45, 2.75) is 38.7 Å². The van der Waals surface area contributed by atoms with Crippen molar-refractivity contribution in [2.75, 3.05) is 0 Å². The van der Waals surface area contributed by atoms with E-state index in [2.05, 4.69) is 0 Å². The smallest absolute Gasteiger partial charge is 0.118 e. The highest BCUT2D eigenvalue weighted by atomic mass is 16.3. The molecule has 1 atom stereocenters. The zero-order valence-corrected chi connectivity index (χ0v) is 8.83. The van der Waals surface area contributed by atoms with Gasteiger partial charge in [0.15, 0.2) is 0 Å². The summed E-state index contributed by atoms with van der Waals surface area (Å²) in [6.07, 6.45) is 2.13. The van der Waals surface area contributed by atoms with E-state index in [1.165, 1.54) is 0 Å². The summed E-state index contributed by atoms with van der Waals surface area (Å²) in [5.41, 5.74) is 0.281. The summed E-state index contributed by atoms with van der Waals surface area (Å²) in [6, 6.07) is 7.27. The van der Waals surface area contributed by atoms with Gasteiger partial charge < -0.3 is 10.2 Å². The van der Waals surface area contributed by atoms with Gasteiger partial charge in [0.1, 0.15) is 5.75 Å². The number of hydrogen-bond donors (Lipinski definition) is 2. The molecule has 0 radical (unpaired) electrons. The summed E-state index contributed by atoms with van der Waals surface area (Å²) in [5, 5.41) is 19.3. The predicted molar refractivity (Wildman–Crippen MR) is 57.3 cm³/mol. The number of para-hydroxylation sites is 1. The van der Waals surface area contributed by atoms with Gasteiger partial charge in [-0.25, -0.2) is 0 Å². The molecule has 78 valence electrons. The Kier molecular flexibility index (Phi) is 3.53. The molecule has 2 N–H and O–H groups in total. The van der Waals surface area contributed by atoms with Crippen LogP contribution in [0.5, 0.6) is 5.75 Å². The lowest BCUT2D eigenvalue weighted by atomic mass is 9.94. The monoisotopic (exact) mass is 194 g/mol. The number of hydrogen-bond acceptors (Lipinski definition) is 2. The molecule has 1 unspecified atom stereocenters. The second kappa shape index (κ2) is 4.47. The molecule has 0 saturated carbocycles. The molecule has 0 aromatic heterocycles. The third-order valence-corrected chi connectivity index (χ3v) is 2.69. The number of aryl methyl sites for hydroxylation is 1. The number of phenolic OH excluding ortho intramolecular Hbond substituents is 1. The number of aromatic hydroxyl groups is 1. The van der Waals surface area contributed by atoms with Gasteiger partial charge in [-0.05, 0) is 37.8 Å². The first-order valence-corrected chi connectivity index (χ1v) is 5.04. The molecule has 2 nitrogen and oxygen atoms in total. The van der Waals surface area contributed by atoms with E-state index in [-0.39, 0.29) is 0 Å². The second-order valence-corrected chi connectivity index (χ2v) is 3.98. The fourth-order valence-electron chi connectivity index (χ4n) is 1.30. The van der Waals surface area contributed by atoms with Crippen LogP contribution < -0.4 is 0 Å². The topological polar surface area (TPSA) is 40.5 Å². The third-order valence-electron chi connectivity index (χ3n) is 2.69. The normalized spacial score (nSPS) is 15.1. The number of benzene rings is 1. The molecule has 1 rings (SSSR count). The molecule has 0 aliphatic carbocycles. The van der Waals surface area contributed by atoms with E-state index >= 15 is 0 Å². The van der Waals surface area contributed by atoms with Crippen LogP contribution in [0, 0.1) is 0 Å².